The van der Waals surface area contributed by atoms with Gasteiger partial charge in [-0.1, -0.05) is 30.3 Å². The first-order valence-corrected chi connectivity index (χ1v) is 8.04. The van der Waals surface area contributed by atoms with Gasteiger partial charge in [0.25, 0.3) is 0 Å². The Morgan fingerprint density at radius 3 is 2.53 bits per heavy atom. The van der Waals surface area contributed by atoms with Crippen LogP contribution >= 0.6 is 0 Å². The van der Waals surface area contributed by atoms with Crippen molar-refractivity contribution in [1.29, 1.82) is 0 Å². The Balaban J connectivity index is 2.52. The van der Waals surface area contributed by atoms with Crippen molar-refractivity contribution >= 4 is 16.8 Å². The van der Waals surface area contributed by atoms with Crippen LogP contribution < -0.4 is 5.32 Å². The summed E-state index contributed by atoms with van der Waals surface area (Å²) in [6.07, 6.45) is 2.46. The smallest absolute Gasteiger partial charge is 0.312 e. The summed E-state index contributed by atoms with van der Waals surface area (Å²) in [6.45, 7) is 2.37. The maximum atomic E-state index is 11.3. The van der Waals surface area contributed by atoms with E-state index in [1.807, 2.05) is 37.3 Å². The zero-order valence-corrected chi connectivity index (χ0v) is 12.2. The number of nitrogens with one attached hydrogen (secondary N) is 1. The standard InChI is InChI=1S/C14H21NO3S/c1-11(8-9-19(2)18)15-10-13(14(16)17)12-6-4-3-5-7-12/h3-7,11,13,15H,8-10H2,1-2H3,(H,16,17). The summed E-state index contributed by atoms with van der Waals surface area (Å²) in [4.78, 5) is 11.3. The van der Waals surface area contributed by atoms with Crippen molar-refractivity contribution in [2.45, 2.75) is 25.3 Å². The topological polar surface area (TPSA) is 66.4 Å². The molecule has 0 aliphatic carbocycles. The molecule has 0 fully saturated rings. The normalized spacial score (nSPS) is 15.7. The van der Waals surface area contributed by atoms with Crippen molar-refractivity contribution in [3.63, 3.8) is 0 Å². The quantitative estimate of drug-likeness (QED) is 0.760. The molecular weight excluding hydrogens is 262 g/mol. The first-order chi connectivity index (χ1) is 9.00. The van der Waals surface area contributed by atoms with Gasteiger partial charge < -0.3 is 10.4 Å². The second-order valence-corrected chi connectivity index (χ2v) is 6.23. The molecule has 4 nitrogen and oxygen atoms in total. The molecule has 0 heterocycles. The highest BCUT2D eigenvalue weighted by atomic mass is 32.2. The summed E-state index contributed by atoms with van der Waals surface area (Å²) in [7, 11) is -0.802. The fraction of sp³-hybridized carbons (Fsp3) is 0.500. The minimum absolute atomic E-state index is 0.162. The lowest BCUT2D eigenvalue weighted by Crippen LogP contribution is -2.34. The van der Waals surface area contributed by atoms with E-state index in [-0.39, 0.29) is 6.04 Å². The van der Waals surface area contributed by atoms with Crippen molar-refractivity contribution in [2.24, 2.45) is 0 Å². The average molecular weight is 283 g/mol. The fourth-order valence-electron chi connectivity index (χ4n) is 1.80. The van der Waals surface area contributed by atoms with Crippen molar-refractivity contribution in [2.75, 3.05) is 18.6 Å². The largest absolute Gasteiger partial charge is 0.481 e. The summed E-state index contributed by atoms with van der Waals surface area (Å²) in [6, 6.07) is 9.37. The molecule has 2 N–H and O–H groups in total. The highest BCUT2D eigenvalue weighted by molar-refractivity contribution is 7.84. The maximum Gasteiger partial charge on any atom is 0.312 e. The van der Waals surface area contributed by atoms with Gasteiger partial charge in [-0.2, -0.15) is 0 Å². The minimum Gasteiger partial charge on any atom is -0.481 e. The molecule has 0 radical (unpaired) electrons. The van der Waals surface area contributed by atoms with Crippen LogP contribution in [-0.4, -0.2) is 39.9 Å². The molecule has 3 atom stereocenters. The number of hydrogen-bond acceptors (Lipinski definition) is 3. The van der Waals surface area contributed by atoms with Crippen molar-refractivity contribution in [3.05, 3.63) is 35.9 Å². The molecule has 19 heavy (non-hydrogen) atoms. The maximum absolute atomic E-state index is 11.3. The highest BCUT2D eigenvalue weighted by Gasteiger charge is 2.19. The lowest BCUT2D eigenvalue weighted by molar-refractivity contribution is -0.138. The molecule has 1 rings (SSSR count). The number of carboxylic acid groups (broad SMARTS) is 1. The lowest BCUT2D eigenvalue weighted by atomic mass is 9.99. The summed E-state index contributed by atoms with van der Waals surface area (Å²) in [5.41, 5.74) is 0.800. The van der Waals surface area contributed by atoms with Crippen LogP contribution in [0.25, 0.3) is 0 Å². The third kappa shape index (κ3) is 5.98. The van der Waals surface area contributed by atoms with Crippen LogP contribution in [0, 0.1) is 0 Å². The van der Waals surface area contributed by atoms with Gasteiger partial charge in [-0.15, -0.1) is 0 Å². The predicted octanol–water partition coefficient (Wildman–Crippen LogP) is 1.60. The molecule has 0 aromatic heterocycles. The first kappa shape index (κ1) is 15.9. The number of benzene rings is 1. The molecule has 0 saturated carbocycles. The van der Waals surface area contributed by atoms with E-state index in [0.29, 0.717) is 12.3 Å². The van der Waals surface area contributed by atoms with Crippen LogP contribution in [0.15, 0.2) is 30.3 Å². The van der Waals surface area contributed by atoms with Gasteiger partial charge in [0.1, 0.15) is 0 Å². The van der Waals surface area contributed by atoms with Crippen LogP contribution in [0.5, 0.6) is 0 Å². The van der Waals surface area contributed by atoms with E-state index in [0.717, 1.165) is 12.0 Å². The molecule has 0 amide bonds. The molecule has 1 aromatic carbocycles. The van der Waals surface area contributed by atoms with E-state index in [9.17, 15) is 14.1 Å². The van der Waals surface area contributed by atoms with Gasteiger partial charge in [-0.25, -0.2) is 0 Å². The second-order valence-electron chi connectivity index (χ2n) is 4.68. The Labute approximate surface area is 116 Å². The van der Waals surface area contributed by atoms with Crippen molar-refractivity contribution < 1.29 is 14.1 Å². The number of carbonyl (C=O) groups is 1. The Morgan fingerprint density at radius 1 is 1.37 bits per heavy atom. The molecule has 3 unspecified atom stereocenters. The van der Waals surface area contributed by atoms with Crippen molar-refractivity contribution in [3.8, 4) is 0 Å². The third-order valence-corrected chi connectivity index (χ3v) is 3.82. The van der Waals surface area contributed by atoms with E-state index >= 15 is 0 Å². The summed E-state index contributed by atoms with van der Waals surface area (Å²) in [5.74, 6) is -0.738. The van der Waals surface area contributed by atoms with Gasteiger partial charge in [0.15, 0.2) is 0 Å². The number of carboxylic acids is 1. The SMILES string of the molecule is CC(CCS(C)=O)NCC(C(=O)O)c1ccccc1. The molecule has 106 valence electrons. The number of aliphatic carboxylic acids is 1. The van der Waals surface area contributed by atoms with E-state index in [1.165, 1.54) is 0 Å². The van der Waals surface area contributed by atoms with Crippen LogP contribution in [0.4, 0.5) is 0 Å². The molecule has 5 heteroatoms. The molecule has 0 aliphatic rings. The van der Waals surface area contributed by atoms with E-state index in [1.54, 1.807) is 6.26 Å². The van der Waals surface area contributed by atoms with Gasteiger partial charge in [-0.3, -0.25) is 9.00 Å². The number of rotatable bonds is 8. The molecular formula is C14H21NO3S. The van der Waals surface area contributed by atoms with Crippen molar-refractivity contribution in [1.82, 2.24) is 5.32 Å². The van der Waals surface area contributed by atoms with Crippen LogP contribution in [-0.2, 0) is 15.6 Å². The second kappa shape index (κ2) is 8.07. The predicted molar refractivity (Wildman–Crippen MR) is 77.8 cm³/mol. The zero-order valence-electron chi connectivity index (χ0n) is 11.3. The van der Waals surface area contributed by atoms with Gasteiger partial charge in [-0.05, 0) is 18.9 Å². The molecule has 1 aromatic rings. The van der Waals surface area contributed by atoms with Gasteiger partial charge >= 0.3 is 5.97 Å². The monoisotopic (exact) mass is 283 g/mol. The Hall–Kier alpha value is -1.20. The zero-order chi connectivity index (χ0) is 14.3. The average Bonchev–Trinajstić information content (AvgIpc) is 2.37. The Bertz CT molecular complexity index is 422. The van der Waals surface area contributed by atoms with Gasteiger partial charge in [0.2, 0.25) is 0 Å². The molecule has 0 aliphatic heterocycles. The molecule has 0 bridgehead atoms. The van der Waals surface area contributed by atoms with Crippen LogP contribution in [0.3, 0.4) is 0 Å². The highest BCUT2D eigenvalue weighted by Crippen LogP contribution is 2.15. The first-order valence-electron chi connectivity index (χ1n) is 6.32. The Kier molecular flexibility index (Phi) is 6.73. The summed E-state index contributed by atoms with van der Waals surface area (Å²) < 4.78 is 11.0. The lowest BCUT2D eigenvalue weighted by Gasteiger charge is -2.18. The van der Waals surface area contributed by atoms with Crippen LogP contribution in [0.2, 0.25) is 0 Å². The minimum atomic E-state index is -0.829. The van der Waals surface area contributed by atoms with Gasteiger partial charge in [0, 0.05) is 35.4 Å². The number of hydrogen-bond donors (Lipinski definition) is 2. The third-order valence-electron chi connectivity index (χ3n) is 3.01. The van der Waals surface area contributed by atoms with E-state index in [4.69, 9.17) is 0 Å². The van der Waals surface area contributed by atoms with Gasteiger partial charge in [0.05, 0.1) is 5.92 Å². The Morgan fingerprint density at radius 2 is 2.00 bits per heavy atom. The molecule has 0 spiro atoms. The fourth-order valence-corrected chi connectivity index (χ4v) is 2.48. The van der Waals surface area contributed by atoms with Crippen LogP contribution in [0.1, 0.15) is 24.8 Å². The van der Waals surface area contributed by atoms with E-state index in [2.05, 4.69) is 5.32 Å². The summed E-state index contributed by atoms with van der Waals surface area (Å²) >= 11 is 0. The molecule has 0 saturated heterocycles. The van der Waals surface area contributed by atoms with E-state index < -0.39 is 22.7 Å². The summed E-state index contributed by atoms with van der Waals surface area (Å²) in [5, 5.41) is 12.5.